The quantitative estimate of drug-likeness (QED) is 0.202. The average molecular weight is 351 g/mol. The van der Waals surface area contributed by atoms with Gasteiger partial charge in [0.25, 0.3) is 0 Å². The number of nitrogens with two attached hydrogens (primary N) is 2. The van der Waals surface area contributed by atoms with Crippen LogP contribution >= 0.6 is 0 Å². The van der Waals surface area contributed by atoms with Crippen LogP contribution in [0.3, 0.4) is 0 Å². The molecule has 0 rings (SSSR count). The van der Waals surface area contributed by atoms with E-state index in [0.29, 0.717) is 13.0 Å². The predicted octanol–water partition coefficient (Wildman–Crippen LogP) is -0.765. The van der Waals surface area contributed by atoms with E-state index in [2.05, 4.69) is 10.6 Å². The van der Waals surface area contributed by atoms with Crippen molar-refractivity contribution in [2.24, 2.45) is 11.5 Å². The molecule has 0 aliphatic heterocycles. The highest BCUT2D eigenvalue weighted by Crippen LogP contribution is 1.97. The first-order chi connectivity index (χ1) is 11.5. The van der Waals surface area contributed by atoms with Crippen LogP contribution in [0.1, 0.15) is 46.0 Å². The zero-order valence-corrected chi connectivity index (χ0v) is 15.2. The van der Waals surface area contributed by atoms with Crippen molar-refractivity contribution in [2.45, 2.75) is 64.1 Å². The van der Waals surface area contributed by atoms with Gasteiger partial charge in [-0.3, -0.25) is 4.79 Å². The highest BCUT2D eigenvalue weighted by Gasteiger charge is 2.09. The van der Waals surface area contributed by atoms with Crippen LogP contribution < -0.4 is 22.1 Å². The third kappa shape index (κ3) is 16.1. The topological polar surface area (TPSA) is 154 Å². The van der Waals surface area contributed by atoms with Gasteiger partial charge in [-0.2, -0.15) is 0 Å². The Morgan fingerprint density at radius 3 is 1.75 bits per heavy atom. The molecule has 3 atom stereocenters. The van der Waals surface area contributed by atoms with Gasteiger partial charge >= 0.3 is 5.97 Å². The summed E-state index contributed by atoms with van der Waals surface area (Å²) in [7, 11) is 0. The number of aliphatic carboxylic acids is 1. The highest BCUT2D eigenvalue weighted by molar-refractivity contribution is 5.72. The maximum absolute atomic E-state index is 10.1. The zero-order chi connectivity index (χ0) is 18.8. The second-order valence-electron chi connectivity index (χ2n) is 5.71. The molecule has 8 heteroatoms. The molecule has 0 amide bonds. The number of aliphatic hydroxyl groups excluding tert-OH is 2. The Kier molecular flexibility index (Phi) is 19.7. The summed E-state index contributed by atoms with van der Waals surface area (Å²) in [5.41, 5.74) is 10.4. The molecule has 0 saturated carbocycles. The lowest BCUT2D eigenvalue weighted by atomic mass is 10.1. The number of carboxylic acid groups (broad SMARTS) is 1. The molecule has 0 radical (unpaired) electrons. The molecule has 146 valence electrons. The summed E-state index contributed by atoms with van der Waals surface area (Å²) in [6.07, 6.45) is 4.04. The predicted molar refractivity (Wildman–Crippen MR) is 96.9 cm³/mol. The number of carboxylic acids is 1. The van der Waals surface area contributed by atoms with Crippen LogP contribution in [-0.2, 0) is 4.79 Å². The van der Waals surface area contributed by atoms with Crippen LogP contribution in [0.4, 0.5) is 0 Å². The minimum absolute atomic E-state index is 0.188. The van der Waals surface area contributed by atoms with Gasteiger partial charge < -0.3 is 37.4 Å². The standard InChI is InChI=1S/C10H24N2O2.C6H14N2O2/c1-3-9(7-13)11-5-6-12-10(4-2)8-14;7-4-2-1-3-5(8)6(9)10/h9-14H,3-8H2,1-2H3;5H,1-4,7-8H2,(H,9,10)/t9-,10-;/m0./s1. The van der Waals surface area contributed by atoms with Gasteiger partial charge in [-0.25, -0.2) is 0 Å². The van der Waals surface area contributed by atoms with E-state index in [1.807, 2.05) is 13.8 Å². The molecule has 0 spiro atoms. The maximum atomic E-state index is 10.1. The molecule has 0 aromatic heterocycles. The van der Waals surface area contributed by atoms with Gasteiger partial charge in [0, 0.05) is 25.2 Å². The third-order valence-corrected chi connectivity index (χ3v) is 3.70. The van der Waals surface area contributed by atoms with E-state index in [9.17, 15) is 4.79 Å². The van der Waals surface area contributed by atoms with E-state index in [1.54, 1.807) is 0 Å². The van der Waals surface area contributed by atoms with Gasteiger partial charge in [0.05, 0.1) is 13.2 Å². The van der Waals surface area contributed by atoms with Crippen molar-refractivity contribution in [1.82, 2.24) is 10.6 Å². The molecular formula is C16H38N4O4. The van der Waals surface area contributed by atoms with Gasteiger partial charge in [0.2, 0.25) is 0 Å². The fourth-order valence-corrected chi connectivity index (χ4v) is 1.86. The first-order valence-electron chi connectivity index (χ1n) is 8.83. The van der Waals surface area contributed by atoms with Crippen molar-refractivity contribution in [3.05, 3.63) is 0 Å². The average Bonchev–Trinajstić information content (AvgIpc) is 2.59. The van der Waals surface area contributed by atoms with E-state index in [0.717, 1.165) is 38.8 Å². The molecule has 0 aliphatic rings. The van der Waals surface area contributed by atoms with Gasteiger partial charge in [0.1, 0.15) is 6.04 Å². The molecule has 1 unspecified atom stereocenters. The van der Waals surface area contributed by atoms with Crippen molar-refractivity contribution in [3.63, 3.8) is 0 Å². The molecule has 0 aromatic rings. The number of carbonyl (C=O) groups is 1. The second-order valence-corrected chi connectivity index (χ2v) is 5.71. The Balaban J connectivity index is 0. The van der Waals surface area contributed by atoms with Gasteiger partial charge in [0.15, 0.2) is 0 Å². The van der Waals surface area contributed by atoms with Crippen molar-refractivity contribution in [3.8, 4) is 0 Å². The Morgan fingerprint density at radius 2 is 1.46 bits per heavy atom. The van der Waals surface area contributed by atoms with Crippen LogP contribution in [0.15, 0.2) is 0 Å². The number of nitrogens with one attached hydrogen (secondary N) is 2. The minimum Gasteiger partial charge on any atom is -0.480 e. The van der Waals surface area contributed by atoms with E-state index in [4.69, 9.17) is 26.8 Å². The summed E-state index contributed by atoms with van der Waals surface area (Å²) in [4.78, 5) is 10.1. The van der Waals surface area contributed by atoms with Crippen LogP contribution in [0, 0.1) is 0 Å². The summed E-state index contributed by atoms with van der Waals surface area (Å²) in [6.45, 7) is 6.73. The van der Waals surface area contributed by atoms with Crippen molar-refractivity contribution < 1.29 is 20.1 Å². The molecule has 0 aromatic carbocycles. The van der Waals surface area contributed by atoms with Crippen LogP contribution in [0.5, 0.6) is 0 Å². The SMILES string of the molecule is CC[C@@H](CO)NCCN[C@@H](CC)CO.NCCCCC(N)C(=O)O. The van der Waals surface area contributed by atoms with Gasteiger partial charge in [-0.15, -0.1) is 0 Å². The fourth-order valence-electron chi connectivity index (χ4n) is 1.86. The summed E-state index contributed by atoms with van der Waals surface area (Å²) in [6, 6.07) is -0.316. The molecule has 0 aliphatic carbocycles. The summed E-state index contributed by atoms with van der Waals surface area (Å²) in [5, 5.41) is 32.6. The number of hydrogen-bond acceptors (Lipinski definition) is 7. The molecule has 8 nitrogen and oxygen atoms in total. The Hall–Kier alpha value is -0.770. The lowest BCUT2D eigenvalue weighted by Crippen LogP contribution is -2.40. The number of aliphatic hydroxyl groups is 2. The normalized spacial score (nSPS) is 14.4. The first kappa shape index (κ1) is 25.5. The minimum atomic E-state index is -0.933. The molecule has 0 saturated heterocycles. The highest BCUT2D eigenvalue weighted by atomic mass is 16.4. The number of unbranched alkanes of at least 4 members (excludes halogenated alkanes) is 1. The van der Waals surface area contributed by atoms with E-state index >= 15 is 0 Å². The fraction of sp³-hybridized carbons (Fsp3) is 0.938. The third-order valence-electron chi connectivity index (χ3n) is 3.70. The van der Waals surface area contributed by atoms with Gasteiger partial charge in [-0.05, 0) is 32.2 Å². The van der Waals surface area contributed by atoms with E-state index < -0.39 is 12.0 Å². The number of hydrogen-bond donors (Lipinski definition) is 7. The lowest BCUT2D eigenvalue weighted by Gasteiger charge is -2.17. The molecule has 24 heavy (non-hydrogen) atoms. The van der Waals surface area contributed by atoms with Crippen LogP contribution in [0.25, 0.3) is 0 Å². The maximum Gasteiger partial charge on any atom is 0.320 e. The summed E-state index contributed by atoms with van der Waals surface area (Å²) < 4.78 is 0. The van der Waals surface area contributed by atoms with Crippen LogP contribution in [-0.4, -0.2) is 72.3 Å². The molecule has 0 bridgehead atoms. The monoisotopic (exact) mass is 350 g/mol. The van der Waals surface area contributed by atoms with Gasteiger partial charge in [-0.1, -0.05) is 20.3 Å². The zero-order valence-electron chi connectivity index (χ0n) is 15.2. The van der Waals surface area contributed by atoms with E-state index in [-0.39, 0.29) is 25.3 Å². The molecular weight excluding hydrogens is 312 g/mol. The van der Waals surface area contributed by atoms with Crippen molar-refractivity contribution >= 4 is 5.97 Å². The molecule has 0 heterocycles. The summed E-state index contributed by atoms with van der Waals surface area (Å²) >= 11 is 0. The number of rotatable bonds is 14. The molecule has 9 N–H and O–H groups in total. The Labute approximate surface area is 146 Å². The summed E-state index contributed by atoms with van der Waals surface area (Å²) in [5.74, 6) is -0.933. The molecule has 0 fully saturated rings. The first-order valence-corrected chi connectivity index (χ1v) is 8.83. The second kappa shape index (κ2) is 18.6. The lowest BCUT2D eigenvalue weighted by molar-refractivity contribution is -0.138. The van der Waals surface area contributed by atoms with E-state index in [1.165, 1.54) is 0 Å². The smallest absolute Gasteiger partial charge is 0.320 e. The van der Waals surface area contributed by atoms with Crippen molar-refractivity contribution in [2.75, 3.05) is 32.8 Å². The Bertz CT molecular complexity index is 261. The Morgan fingerprint density at radius 1 is 1.00 bits per heavy atom. The van der Waals surface area contributed by atoms with Crippen LogP contribution in [0.2, 0.25) is 0 Å². The largest absolute Gasteiger partial charge is 0.480 e. The van der Waals surface area contributed by atoms with Crippen molar-refractivity contribution in [1.29, 1.82) is 0 Å².